The highest BCUT2D eigenvalue weighted by Gasteiger charge is 2.16. The Morgan fingerprint density at radius 3 is 2.67 bits per heavy atom. The third-order valence-corrected chi connectivity index (χ3v) is 4.01. The average molecular weight is 309 g/mol. The zero-order chi connectivity index (χ0) is 15.0. The zero-order valence-corrected chi connectivity index (χ0v) is 12.4. The lowest BCUT2D eigenvalue weighted by atomic mass is 10.1. The van der Waals surface area contributed by atoms with E-state index in [1.165, 1.54) is 6.07 Å². The Labute approximate surface area is 122 Å². The van der Waals surface area contributed by atoms with Crippen molar-refractivity contribution in [3.05, 3.63) is 40.2 Å². The second-order valence-electron chi connectivity index (χ2n) is 5.08. The van der Waals surface area contributed by atoms with Crippen LogP contribution < -0.4 is 10.5 Å². The summed E-state index contributed by atoms with van der Waals surface area (Å²) >= 11 is 0. The maximum Gasteiger partial charge on any atom is 0.336 e. The highest BCUT2D eigenvalue weighted by atomic mass is 32.2. The van der Waals surface area contributed by atoms with Crippen molar-refractivity contribution in [2.24, 2.45) is 0 Å². The number of hydrogen-bond acceptors (Lipinski definition) is 6. The largest absolute Gasteiger partial charge is 0.423 e. The molecule has 1 aliphatic rings. The maximum atomic E-state index is 11.6. The first-order chi connectivity index (χ1) is 9.92. The second-order valence-corrected chi connectivity index (χ2v) is 6.72. The SMILES string of the molecule is CS(=O)(=O)OCc1cc(=O)oc2cc(N3CCC3)ccc12. The molecule has 6 nitrogen and oxygen atoms in total. The van der Waals surface area contributed by atoms with Gasteiger partial charge >= 0.3 is 5.63 Å². The molecule has 0 spiro atoms. The topological polar surface area (TPSA) is 76.8 Å². The Balaban J connectivity index is 2.01. The van der Waals surface area contributed by atoms with Crippen LogP contribution in [0.5, 0.6) is 0 Å². The van der Waals surface area contributed by atoms with Crippen LogP contribution in [0.3, 0.4) is 0 Å². The van der Waals surface area contributed by atoms with Crippen molar-refractivity contribution in [2.75, 3.05) is 24.2 Å². The monoisotopic (exact) mass is 309 g/mol. The minimum absolute atomic E-state index is 0.177. The van der Waals surface area contributed by atoms with E-state index in [0.717, 1.165) is 31.5 Å². The highest BCUT2D eigenvalue weighted by molar-refractivity contribution is 7.85. The first-order valence-corrected chi connectivity index (χ1v) is 8.40. The summed E-state index contributed by atoms with van der Waals surface area (Å²) in [4.78, 5) is 13.8. The second kappa shape index (κ2) is 5.16. The van der Waals surface area contributed by atoms with Gasteiger partial charge in [-0.1, -0.05) is 0 Å². The number of fused-ring (bicyclic) bond motifs is 1. The van der Waals surface area contributed by atoms with Crippen LogP contribution in [0.2, 0.25) is 0 Å². The van der Waals surface area contributed by atoms with E-state index >= 15 is 0 Å². The van der Waals surface area contributed by atoms with E-state index in [2.05, 4.69) is 4.90 Å². The van der Waals surface area contributed by atoms with E-state index in [0.29, 0.717) is 16.5 Å². The van der Waals surface area contributed by atoms with Gasteiger partial charge in [0.1, 0.15) is 5.58 Å². The zero-order valence-electron chi connectivity index (χ0n) is 11.5. The summed E-state index contributed by atoms with van der Waals surface area (Å²) in [5.74, 6) is 0. The standard InChI is InChI=1S/C14H15NO5S/c1-21(17,18)19-9-10-7-14(16)20-13-8-11(3-4-12(10)13)15-5-2-6-15/h3-4,7-8H,2,5-6,9H2,1H3. The Hall–Kier alpha value is -1.86. The van der Waals surface area contributed by atoms with E-state index in [-0.39, 0.29) is 6.61 Å². The summed E-state index contributed by atoms with van der Waals surface area (Å²) in [6, 6.07) is 6.83. The highest BCUT2D eigenvalue weighted by Crippen LogP contribution is 2.26. The molecule has 21 heavy (non-hydrogen) atoms. The van der Waals surface area contributed by atoms with Crippen molar-refractivity contribution < 1.29 is 17.0 Å². The summed E-state index contributed by atoms with van der Waals surface area (Å²) in [6.07, 6.45) is 2.13. The molecule has 0 N–H and O–H groups in total. The van der Waals surface area contributed by atoms with Crippen LogP contribution >= 0.6 is 0 Å². The number of hydrogen-bond donors (Lipinski definition) is 0. The van der Waals surface area contributed by atoms with Gasteiger partial charge in [0.15, 0.2) is 0 Å². The Morgan fingerprint density at radius 2 is 2.05 bits per heavy atom. The van der Waals surface area contributed by atoms with Crippen molar-refractivity contribution in [1.29, 1.82) is 0 Å². The fraction of sp³-hybridized carbons (Fsp3) is 0.357. The third-order valence-electron chi connectivity index (χ3n) is 3.46. The lowest BCUT2D eigenvalue weighted by Crippen LogP contribution is -2.36. The molecule has 0 aliphatic carbocycles. The number of anilines is 1. The van der Waals surface area contributed by atoms with Crippen LogP contribution in [0.4, 0.5) is 5.69 Å². The molecular weight excluding hydrogens is 294 g/mol. The first kappa shape index (κ1) is 14.1. The average Bonchev–Trinajstić information content (AvgIpc) is 2.32. The van der Waals surface area contributed by atoms with E-state index in [9.17, 15) is 13.2 Å². The van der Waals surface area contributed by atoms with Crippen LogP contribution in [-0.4, -0.2) is 27.8 Å². The molecule has 7 heteroatoms. The van der Waals surface area contributed by atoms with Crippen molar-refractivity contribution in [3.8, 4) is 0 Å². The van der Waals surface area contributed by atoms with Crippen molar-refractivity contribution in [1.82, 2.24) is 0 Å². The first-order valence-electron chi connectivity index (χ1n) is 6.58. The molecule has 1 aliphatic heterocycles. The van der Waals surface area contributed by atoms with Crippen molar-refractivity contribution >= 4 is 26.8 Å². The van der Waals surface area contributed by atoms with E-state index in [1.807, 2.05) is 12.1 Å². The molecule has 2 aromatic rings. The molecule has 0 unspecified atom stereocenters. The normalized spacial score (nSPS) is 15.2. The van der Waals surface area contributed by atoms with Crippen molar-refractivity contribution in [2.45, 2.75) is 13.0 Å². The Kier molecular flexibility index (Phi) is 3.46. The number of rotatable bonds is 4. The van der Waals surface area contributed by atoms with Gasteiger partial charge in [-0.3, -0.25) is 4.18 Å². The molecule has 3 rings (SSSR count). The van der Waals surface area contributed by atoms with Crippen LogP contribution in [0, 0.1) is 0 Å². The van der Waals surface area contributed by atoms with Crippen LogP contribution in [0.15, 0.2) is 33.5 Å². The molecule has 1 aromatic heterocycles. The summed E-state index contributed by atoms with van der Waals surface area (Å²) < 4.78 is 32.1. The molecule has 0 atom stereocenters. The molecule has 1 fully saturated rings. The molecule has 0 radical (unpaired) electrons. The molecule has 0 bridgehead atoms. The lowest BCUT2D eigenvalue weighted by Gasteiger charge is -2.33. The van der Waals surface area contributed by atoms with E-state index in [4.69, 9.17) is 8.60 Å². The van der Waals surface area contributed by atoms with E-state index < -0.39 is 15.7 Å². The molecule has 0 saturated carbocycles. The summed E-state index contributed by atoms with van der Waals surface area (Å²) in [6.45, 7) is 1.81. The Bertz CT molecular complexity index is 836. The molecule has 1 saturated heterocycles. The quantitative estimate of drug-likeness (QED) is 0.629. The van der Waals surface area contributed by atoms with Gasteiger partial charge in [-0.2, -0.15) is 8.42 Å². The summed E-state index contributed by atoms with van der Waals surface area (Å²) in [5, 5.41) is 0.683. The van der Waals surface area contributed by atoms with Crippen LogP contribution in [-0.2, 0) is 20.9 Å². The summed E-state index contributed by atoms with van der Waals surface area (Å²) in [5.41, 5.74) is 1.43. The predicted molar refractivity (Wildman–Crippen MR) is 78.9 cm³/mol. The Morgan fingerprint density at radius 1 is 1.29 bits per heavy atom. The minimum atomic E-state index is -3.56. The van der Waals surface area contributed by atoms with Gasteiger partial charge in [-0.15, -0.1) is 0 Å². The third kappa shape index (κ3) is 3.08. The fourth-order valence-electron chi connectivity index (χ4n) is 2.28. The van der Waals surface area contributed by atoms with Gasteiger partial charge in [0.2, 0.25) is 0 Å². The van der Waals surface area contributed by atoms with E-state index in [1.54, 1.807) is 6.07 Å². The molecule has 112 valence electrons. The maximum absolute atomic E-state index is 11.6. The van der Waals surface area contributed by atoms with Gasteiger partial charge in [0, 0.05) is 36.3 Å². The van der Waals surface area contributed by atoms with Gasteiger partial charge in [-0.25, -0.2) is 4.79 Å². The number of nitrogens with zero attached hydrogens (tertiary/aromatic N) is 1. The number of benzene rings is 1. The predicted octanol–water partition coefficient (Wildman–Crippen LogP) is 1.48. The van der Waals surface area contributed by atoms with Gasteiger partial charge < -0.3 is 9.32 Å². The fourth-order valence-corrected chi connectivity index (χ4v) is 2.62. The smallest absolute Gasteiger partial charge is 0.336 e. The molecule has 0 amide bonds. The van der Waals surface area contributed by atoms with Crippen LogP contribution in [0.1, 0.15) is 12.0 Å². The summed E-state index contributed by atoms with van der Waals surface area (Å²) in [7, 11) is -3.56. The van der Waals surface area contributed by atoms with Crippen molar-refractivity contribution in [3.63, 3.8) is 0 Å². The molecule has 1 aromatic carbocycles. The minimum Gasteiger partial charge on any atom is -0.423 e. The van der Waals surface area contributed by atoms with Gasteiger partial charge in [0.25, 0.3) is 10.1 Å². The lowest BCUT2D eigenvalue weighted by molar-refractivity contribution is 0.312. The van der Waals surface area contributed by atoms with Gasteiger partial charge in [-0.05, 0) is 24.1 Å². The molecule has 2 heterocycles. The molecular formula is C14H15NO5S. The van der Waals surface area contributed by atoms with Crippen LogP contribution in [0.25, 0.3) is 11.0 Å². The van der Waals surface area contributed by atoms with Gasteiger partial charge in [0.05, 0.1) is 12.9 Å².